The van der Waals surface area contributed by atoms with Crippen molar-refractivity contribution in [2.45, 2.75) is 18.6 Å². The molecule has 10 heteroatoms. The average molecular weight is 452 g/mol. The van der Waals surface area contributed by atoms with Gasteiger partial charge in [-0.1, -0.05) is 6.07 Å². The number of aryl methyl sites for hydroxylation is 3. The van der Waals surface area contributed by atoms with Gasteiger partial charge in [-0.05, 0) is 55.6 Å². The summed E-state index contributed by atoms with van der Waals surface area (Å²) < 4.78 is 136. The molecule has 0 radical (unpaired) electrons. The predicted octanol–water partition coefficient (Wildman–Crippen LogP) is 3.14. The van der Waals surface area contributed by atoms with E-state index in [-0.39, 0.29) is 10.4 Å². The molecule has 0 unspecified atom stereocenters. The summed E-state index contributed by atoms with van der Waals surface area (Å²) in [6.07, 6.45) is -0.679. The number of anilines is 4. The number of primary sulfonamides is 1. The number of fused-ring (bicyclic) bond motifs is 1. The lowest BCUT2D eigenvalue weighted by atomic mass is 10.2. The van der Waals surface area contributed by atoms with Gasteiger partial charge in [0.2, 0.25) is 16.0 Å². The molecule has 0 atom stereocenters. The van der Waals surface area contributed by atoms with Crippen LogP contribution in [0, 0.1) is 13.7 Å². The van der Waals surface area contributed by atoms with Gasteiger partial charge in [0.05, 0.1) is 17.3 Å². The number of rotatable bonds is 5. The number of benzene rings is 2. The molecule has 3 N–H and O–H groups in total. The lowest BCUT2D eigenvalue weighted by Crippen LogP contribution is -2.14. The Morgan fingerprint density at radius 2 is 2.13 bits per heavy atom. The van der Waals surface area contributed by atoms with Gasteiger partial charge in [0.1, 0.15) is 5.82 Å². The maximum absolute atomic E-state index is 12.1. The molecule has 0 spiro atoms. The van der Waals surface area contributed by atoms with Crippen LogP contribution in [0.1, 0.15) is 30.4 Å². The third kappa shape index (κ3) is 4.07. The van der Waals surface area contributed by atoms with E-state index in [4.69, 9.17) is 24.3 Å². The summed E-state index contributed by atoms with van der Waals surface area (Å²) in [5.74, 6) is -0.809. The number of aromatic nitrogens is 4. The van der Waals surface area contributed by atoms with Crippen molar-refractivity contribution in [3.63, 3.8) is 0 Å². The average Bonchev–Trinajstić information content (AvgIpc) is 3.31. The van der Waals surface area contributed by atoms with E-state index < -0.39 is 106 Å². The van der Waals surface area contributed by atoms with Crippen LogP contribution in [0.5, 0.6) is 0 Å². The van der Waals surface area contributed by atoms with Gasteiger partial charge in [0.15, 0.2) is 0 Å². The SMILES string of the molecule is [2H]c1nc(Nc2ccc(C([2H])([2H])[2H])c(S(N)(=O)=O)c2)nc(N(C)c2c([2H])c([2H])c3c(C([2H])([2H])[2H])n(C([2H])([2H])[2H])nc3c2[2H])c1[2H]. The van der Waals surface area contributed by atoms with Gasteiger partial charge in [-0.3, -0.25) is 4.68 Å². The number of nitrogens with one attached hydrogen (secondary N) is 1. The van der Waals surface area contributed by atoms with Crippen molar-refractivity contribution in [3.05, 3.63) is 59.8 Å². The molecule has 0 saturated carbocycles. The van der Waals surface area contributed by atoms with E-state index in [1.807, 2.05) is 0 Å². The van der Waals surface area contributed by atoms with Gasteiger partial charge in [0.25, 0.3) is 0 Å². The Kier molecular flexibility index (Phi) is 2.40. The van der Waals surface area contributed by atoms with E-state index in [9.17, 15) is 8.42 Å². The lowest BCUT2D eigenvalue weighted by Gasteiger charge is -2.19. The minimum atomic E-state index is -4.51. The minimum absolute atomic E-state index is 0.0672. The molecular formula is C21H23N7O2S. The smallest absolute Gasteiger partial charge is 0.238 e. The van der Waals surface area contributed by atoms with Gasteiger partial charge in [-0.2, -0.15) is 10.1 Å². The fourth-order valence-corrected chi connectivity index (χ4v) is 3.29. The third-order valence-electron chi connectivity index (χ3n) is 4.17. The molecule has 2 aromatic carbocycles. The second kappa shape index (κ2) is 7.64. The molecule has 2 heterocycles. The van der Waals surface area contributed by atoms with Gasteiger partial charge in [0, 0.05) is 55.0 Å². The second-order valence-corrected chi connectivity index (χ2v) is 7.79. The Balaban J connectivity index is 1.89. The third-order valence-corrected chi connectivity index (χ3v) is 5.12. The molecule has 160 valence electrons. The Hall–Kier alpha value is -3.50. The summed E-state index contributed by atoms with van der Waals surface area (Å²) in [5, 5.41) is 11.1. The largest absolute Gasteiger partial charge is 0.329 e. The zero-order valence-corrected chi connectivity index (χ0v) is 16.6. The summed E-state index contributed by atoms with van der Waals surface area (Å²) in [6, 6.07) is 0.317. The molecule has 0 aliphatic carbocycles. The summed E-state index contributed by atoms with van der Waals surface area (Å²) in [5.41, 5.74) is -2.42. The van der Waals surface area contributed by atoms with Crippen LogP contribution >= 0.6 is 0 Å². The first-order chi connectivity index (χ1) is 20.4. The van der Waals surface area contributed by atoms with Crippen molar-refractivity contribution < 1.29 is 27.6 Å². The van der Waals surface area contributed by atoms with Crippen molar-refractivity contribution in [3.8, 4) is 0 Å². The van der Waals surface area contributed by atoms with Crippen molar-refractivity contribution in [2.24, 2.45) is 12.1 Å². The molecule has 0 aliphatic heterocycles. The van der Waals surface area contributed by atoms with E-state index in [1.165, 1.54) is 13.1 Å². The molecule has 0 saturated heterocycles. The van der Waals surface area contributed by atoms with E-state index in [2.05, 4.69) is 20.4 Å². The zero-order valence-electron chi connectivity index (χ0n) is 29.8. The highest BCUT2D eigenvalue weighted by Gasteiger charge is 2.14. The highest BCUT2D eigenvalue weighted by atomic mass is 32.2. The van der Waals surface area contributed by atoms with Gasteiger partial charge >= 0.3 is 0 Å². The van der Waals surface area contributed by atoms with E-state index in [0.29, 0.717) is 0 Å². The Morgan fingerprint density at radius 3 is 2.87 bits per heavy atom. The Bertz CT molecular complexity index is 1950. The first kappa shape index (κ1) is 9.75. The van der Waals surface area contributed by atoms with Crippen LogP contribution in [-0.2, 0) is 17.0 Å². The van der Waals surface area contributed by atoms with Crippen LogP contribution < -0.4 is 15.4 Å². The van der Waals surface area contributed by atoms with E-state index >= 15 is 0 Å². The standard InChI is InChI=1S/C21H23N7O2S/c1-13-5-6-15(11-19(13)31(22,29)30)24-21-23-10-9-20(25-21)27(3)16-7-8-17-14(2)28(4)26-18(17)12-16/h5-12H,1-4H3,(H2,22,29,30)(H,23,24,25)/i1D3,2D3,4D3,7D,8D,9D,10D,12D. The van der Waals surface area contributed by atoms with Crippen LogP contribution in [0.15, 0.2) is 53.4 Å². The van der Waals surface area contributed by atoms with Crippen molar-refractivity contribution in [1.82, 2.24) is 19.7 Å². The Morgan fingerprint density at radius 1 is 1.26 bits per heavy atom. The Labute approximate surface area is 200 Å². The van der Waals surface area contributed by atoms with Crippen molar-refractivity contribution in [1.29, 1.82) is 0 Å². The molecule has 9 nitrogen and oxygen atoms in total. The molecule has 0 amide bonds. The van der Waals surface area contributed by atoms with Crippen LogP contribution in [0.3, 0.4) is 0 Å². The minimum Gasteiger partial charge on any atom is -0.329 e. The van der Waals surface area contributed by atoms with Crippen LogP contribution in [0.4, 0.5) is 23.1 Å². The summed E-state index contributed by atoms with van der Waals surface area (Å²) in [7, 11) is -3.29. The lowest BCUT2D eigenvalue weighted by molar-refractivity contribution is 0.597. The maximum Gasteiger partial charge on any atom is 0.238 e. The van der Waals surface area contributed by atoms with Gasteiger partial charge in [-0.25, -0.2) is 18.5 Å². The molecule has 0 bridgehead atoms. The van der Waals surface area contributed by atoms with E-state index in [1.54, 1.807) is 0 Å². The summed E-state index contributed by atoms with van der Waals surface area (Å²) >= 11 is 0. The summed E-state index contributed by atoms with van der Waals surface area (Å²) in [4.78, 5) is 8.20. The molecular weight excluding hydrogens is 414 g/mol. The van der Waals surface area contributed by atoms with Crippen LogP contribution in [0.25, 0.3) is 10.9 Å². The van der Waals surface area contributed by atoms with Crippen molar-refractivity contribution in [2.75, 3.05) is 17.3 Å². The quantitative estimate of drug-likeness (QED) is 0.478. The van der Waals surface area contributed by atoms with Crippen molar-refractivity contribution >= 4 is 44.1 Å². The number of nitrogens with zero attached hydrogens (tertiary/aromatic N) is 5. The monoisotopic (exact) mass is 451 g/mol. The maximum atomic E-state index is 12.1. The fraction of sp³-hybridized carbons (Fsp3) is 0.190. The fourth-order valence-electron chi connectivity index (χ4n) is 2.63. The number of sulfonamides is 1. The number of nitrogens with two attached hydrogens (primary N) is 1. The second-order valence-electron chi connectivity index (χ2n) is 6.26. The highest BCUT2D eigenvalue weighted by Crippen LogP contribution is 2.28. The predicted molar refractivity (Wildman–Crippen MR) is 121 cm³/mol. The topological polar surface area (TPSA) is 119 Å². The molecule has 2 aromatic heterocycles. The van der Waals surface area contributed by atoms with Gasteiger partial charge in [-0.15, -0.1) is 0 Å². The molecule has 4 rings (SSSR count). The summed E-state index contributed by atoms with van der Waals surface area (Å²) in [6.45, 7) is -9.02. The zero-order chi connectivity index (χ0) is 34.2. The number of hydrogen-bond donors (Lipinski definition) is 2. The normalized spacial score (nSPS) is 19.4. The number of hydrogen-bond acceptors (Lipinski definition) is 7. The highest BCUT2D eigenvalue weighted by molar-refractivity contribution is 7.89. The molecule has 4 aromatic rings. The molecule has 31 heavy (non-hydrogen) atoms. The van der Waals surface area contributed by atoms with E-state index in [0.717, 1.165) is 17.0 Å². The first-order valence-corrected chi connectivity index (χ1v) is 9.97. The van der Waals surface area contributed by atoms with Crippen LogP contribution in [-0.4, -0.2) is 35.2 Å². The molecule has 0 aliphatic rings. The first-order valence-electron chi connectivity index (χ1n) is 15.4. The van der Waals surface area contributed by atoms with Crippen LogP contribution in [0.2, 0.25) is 0 Å². The van der Waals surface area contributed by atoms with Gasteiger partial charge < -0.3 is 10.2 Å². The molecule has 0 fully saturated rings.